The number of carbonyl (C=O) groups excluding carboxylic acids is 6. The maximum atomic E-state index is 14.7. The number of rotatable bonds is 29. The fraction of sp³-hybridized carbons (Fsp3) is 0.483. The summed E-state index contributed by atoms with van der Waals surface area (Å²) in [4.78, 5) is 82.0. The third-order valence-corrected chi connectivity index (χ3v) is 14.0. The lowest BCUT2D eigenvalue weighted by Crippen LogP contribution is -2.57. The number of aliphatic hydroxyl groups is 2. The van der Waals surface area contributed by atoms with E-state index in [4.69, 9.17) is 30.4 Å². The average Bonchev–Trinajstić information content (AvgIpc) is 3.96. The van der Waals surface area contributed by atoms with E-state index in [9.17, 15) is 39.0 Å². The van der Waals surface area contributed by atoms with Crippen LogP contribution in [0.25, 0.3) is 0 Å². The van der Waals surface area contributed by atoms with Crippen molar-refractivity contribution in [1.29, 1.82) is 0 Å². The molecule has 16 heteroatoms. The molecular formula is C58H74N4O12. The predicted molar refractivity (Wildman–Crippen MR) is 276 cm³/mol. The first-order chi connectivity index (χ1) is 35.5. The summed E-state index contributed by atoms with van der Waals surface area (Å²) in [6, 6.07) is 29.5. The number of ether oxygens (including phenoxy) is 4. The molecule has 8 N–H and O–H groups in total. The monoisotopic (exact) mass is 1020 g/mol. The Labute approximate surface area is 434 Å². The Kier molecular flexibility index (Phi) is 21.6. The molecule has 74 heavy (non-hydrogen) atoms. The Balaban J connectivity index is 1.21. The number of nitrogens with one attached hydrogen (secondary N) is 2. The number of amides is 2. The summed E-state index contributed by atoms with van der Waals surface area (Å²) in [6.45, 7) is 7.19. The average molecular weight is 1020 g/mol. The van der Waals surface area contributed by atoms with Gasteiger partial charge in [0.15, 0.2) is 12.2 Å². The number of benzene rings is 4. The van der Waals surface area contributed by atoms with Crippen LogP contribution in [0.4, 0.5) is 0 Å². The fourth-order valence-corrected chi connectivity index (χ4v) is 9.41. The molecule has 4 aromatic carbocycles. The molecule has 2 aliphatic rings. The zero-order valence-electron chi connectivity index (χ0n) is 42.9. The first kappa shape index (κ1) is 57.1. The summed E-state index contributed by atoms with van der Waals surface area (Å²) in [6.07, 6.45) is -5.05. The van der Waals surface area contributed by atoms with Crippen LogP contribution in [-0.4, -0.2) is 95.2 Å². The smallest absolute Gasteiger partial charge is 0.323 e. The van der Waals surface area contributed by atoms with Crippen LogP contribution < -0.4 is 22.1 Å². The van der Waals surface area contributed by atoms with Gasteiger partial charge in [0.1, 0.15) is 35.9 Å². The van der Waals surface area contributed by atoms with Crippen LogP contribution in [0.5, 0.6) is 0 Å². The third kappa shape index (κ3) is 15.5. The number of unbranched alkanes of at least 4 members (excludes halogenated alkanes) is 2. The molecule has 0 saturated carbocycles. The number of nitrogens with two attached hydrogens (primary N) is 2. The molecule has 2 aliphatic carbocycles. The van der Waals surface area contributed by atoms with Crippen LogP contribution in [0.3, 0.4) is 0 Å². The highest BCUT2D eigenvalue weighted by Gasteiger charge is 2.46. The molecule has 2 amide bonds. The standard InChI is InChI=1S/C58H74N4O12/c1-35(2)47(59)57(69)71-29-17-15-27-45(63)43-31-39-23-11-13-25-41(39)49(43)61-55(67)53(73-33-37-19-7-5-8-20-37)51(65)52(66)54(74-34-38-21-9-6-10-22-38)56(68)62-50-42-26-14-12-24-40(42)32-44(50)46(64)28-16-18-30-72-58(70)48(60)36(3)4/h5-14,19-26,35-36,43-44,47-54,65-66H,15-18,27-34,59-60H2,1-4H3,(H,61,67)(H,62,68)/t43-,44-,47-,48-,49+,50+,51+,52+,53+,54+/m0/s1. The lowest BCUT2D eigenvalue weighted by molar-refractivity contribution is -0.171. The first-order valence-corrected chi connectivity index (χ1v) is 25.9. The third-order valence-electron chi connectivity index (χ3n) is 14.0. The Morgan fingerprint density at radius 1 is 0.527 bits per heavy atom. The predicted octanol–water partition coefficient (Wildman–Crippen LogP) is 5.47. The van der Waals surface area contributed by atoms with Gasteiger partial charge in [0.25, 0.3) is 11.8 Å². The van der Waals surface area contributed by atoms with E-state index in [2.05, 4.69) is 10.6 Å². The Morgan fingerprint density at radius 3 is 1.24 bits per heavy atom. The van der Waals surface area contributed by atoms with Gasteiger partial charge < -0.3 is 51.3 Å². The molecule has 0 fully saturated rings. The highest BCUT2D eigenvalue weighted by molar-refractivity contribution is 5.88. The second-order valence-corrected chi connectivity index (χ2v) is 20.1. The van der Waals surface area contributed by atoms with Crippen LogP contribution in [0.1, 0.15) is 112 Å². The molecule has 0 saturated heterocycles. The minimum absolute atomic E-state index is 0.0848. The molecule has 16 nitrogen and oxygen atoms in total. The quantitative estimate of drug-likeness (QED) is 0.0292. The van der Waals surface area contributed by atoms with Gasteiger partial charge in [-0.05, 0) is 83.7 Å². The van der Waals surface area contributed by atoms with Crippen molar-refractivity contribution in [3.63, 3.8) is 0 Å². The largest absolute Gasteiger partial charge is 0.465 e. The van der Waals surface area contributed by atoms with Gasteiger partial charge in [-0.3, -0.25) is 28.8 Å². The van der Waals surface area contributed by atoms with Crippen LogP contribution in [0.15, 0.2) is 109 Å². The van der Waals surface area contributed by atoms with Crippen molar-refractivity contribution in [2.45, 2.75) is 141 Å². The normalized spacial score (nSPS) is 19.3. The van der Waals surface area contributed by atoms with Gasteiger partial charge >= 0.3 is 11.9 Å². The van der Waals surface area contributed by atoms with E-state index in [1.54, 1.807) is 48.5 Å². The van der Waals surface area contributed by atoms with E-state index in [0.717, 1.165) is 11.1 Å². The Hall–Kier alpha value is -6.14. The zero-order valence-corrected chi connectivity index (χ0v) is 42.9. The SMILES string of the molecule is CC(C)[C@H](N)C(=O)OCCCCC(=O)[C@@H]1Cc2ccccc2[C@H]1NC(=O)[C@H](OCc1ccccc1)[C@H](O)[C@@H](O)[C@@H](OCc1ccccc1)C(=O)N[C@@H]1c2ccccc2C[C@H]1C(=O)CCCCOC(=O)[C@@H](N)C(C)C. The molecule has 4 aromatic rings. The summed E-state index contributed by atoms with van der Waals surface area (Å²) in [5.41, 5.74) is 16.3. The number of fused-ring (bicyclic) bond motifs is 2. The number of aliphatic hydroxyl groups excluding tert-OH is 2. The van der Waals surface area contributed by atoms with Gasteiger partial charge in [-0.15, -0.1) is 0 Å². The van der Waals surface area contributed by atoms with Gasteiger partial charge in [-0.1, -0.05) is 137 Å². The van der Waals surface area contributed by atoms with Crippen LogP contribution in [-0.2, 0) is 73.8 Å². The van der Waals surface area contributed by atoms with Gasteiger partial charge in [0.2, 0.25) is 0 Å². The number of hydrogen-bond donors (Lipinski definition) is 6. The van der Waals surface area contributed by atoms with Crippen molar-refractivity contribution < 1.29 is 57.9 Å². The summed E-state index contributed by atoms with van der Waals surface area (Å²) < 4.78 is 23.1. The maximum absolute atomic E-state index is 14.7. The highest BCUT2D eigenvalue weighted by atomic mass is 16.5. The van der Waals surface area contributed by atoms with E-state index in [1.165, 1.54) is 0 Å². The number of hydrogen-bond acceptors (Lipinski definition) is 14. The highest BCUT2D eigenvalue weighted by Crippen LogP contribution is 2.39. The van der Waals surface area contributed by atoms with Gasteiger partial charge in [0.05, 0.1) is 38.5 Å². The number of carbonyl (C=O) groups is 6. The first-order valence-electron chi connectivity index (χ1n) is 25.9. The summed E-state index contributed by atoms with van der Waals surface area (Å²) in [5, 5.41) is 30.5. The van der Waals surface area contributed by atoms with Crippen molar-refractivity contribution >= 4 is 35.3 Å². The molecule has 10 atom stereocenters. The second kappa shape index (κ2) is 28.0. The number of ketones is 2. The molecule has 0 aromatic heterocycles. The molecule has 0 spiro atoms. The van der Waals surface area contributed by atoms with Crippen molar-refractivity contribution in [1.82, 2.24) is 10.6 Å². The van der Waals surface area contributed by atoms with Crippen molar-refractivity contribution in [2.75, 3.05) is 13.2 Å². The fourth-order valence-electron chi connectivity index (χ4n) is 9.41. The molecule has 0 heterocycles. The Bertz CT molecular complexity index is 2320. The topological polar surface area (TPSA) is 256 Å². The van der Waals surface area contributed by atoms with Gasteiger partial charge in [-0.2, -0.15) is 0 Å². The molecule has 0 radical (unpaired) electrons. The van der Waals surface area contributed by atoms with Crippen molar-refractivity contribution in [3.8, 4) is 0 Å². The minimum Gasteiger partial charge on any atom is -0.465 e. The van der Waals surface area contributed by atoms with Crippen molar-refractivity contribution in [3.05, 3.63) is 143 Å². The molecule has 0 bridgehead atoms. The molecule has 6 rings (SSSR count). The lowest BCUT2D eigenvalue weighted by Gasteiger charge is -2.33. The maximum Gasteiger partial charge on any atom is 0.323 e. The lowest BCUT2D eigenvalue weighted by atomic mass is 9.91. The Morgan fingerprint density at radius 2 is 0.878 bits per heavy atom. The molecule has 0 aliphatic heterocycles. The van der Waals surface area contributed by atoms with Gasteiger partial charge in [-0.25, -0.2) is 0 Å². The second-order valence-electron chi connectivity index (χ2n) is 20.1. The number of esters is 2. The summed E-state index contributed by atoms with van der Waals surface area (Å²) in [5.74, 6) is -4.46. The van der Waals surface area contributed by atoms with Gasteiger partial charge in [0, 0.05) is 24.7 Å². The van der Waals surface area contributed by atoms with E-state index in [-0.39, 0.29) is 62.7 Å². The van der Waals surface area contributed by atoms with Crippen LogP contribution in [0.2, 0.25) is 0 Å². The zero-order chi connectivity index (χ0) is 53.3. The van der Waals surface area contributed by atoms with E-state index >= 15 is 0 Å². The number of Topliss-reactive ketones (excluding diaryl/α,β-unsaturated/α-hetero) is 2. The van der Waals surface area contributed by atoms with E-state index in [0.29, 0.717) is 60.8 Å². The van der Waals surface area contributed by atoms with E-state index < -0.39 is 84.2 Å². The molecule has 0 unspecified atom stereocenters. The van der Waals surface area contributed by atoms with E-state index in [1.807, 2.05) is 88.4 Å². The van der Waals surface area contributed by atoms with Crippen molar-refractivity contribution in [2.24, 2.45) is 35.1 Å². The van der Waals surface area contributed by atoms with Crippen LogP contribution in [0, 0.1) is 23.7 Å². The van der Waals surface area contributed by atoms with Crippen LogP contribution >= 0.6 is 0 Å². The molecule has 398 valence electrons. The molecular weight excluding hydrogens is 945 g/mol. The summed E-state index contributed by atoms with van der Waals surface area (Å²) >= 11 is 0. The minimum atomic E-state index is -2.07. The summed E-state index contributed by atoms with van der Waals surface area (Å²) in [7, 11) is 0.